The van der Waals surface area contributed by atoms with Crippen LogP contribution in [0.1, 0.15) is 18.3 Å². The molecule has 0 fully saturated rings. The molecule has 0 aliphatic carbocycles. The minimum atomic E-state index is 0.819. The molecule has 1 aliphatic heterocycles. The molecule has 0 amide bonds. The lowest BCUT2D eigenvalue weighted by Gasteiger charge is -2.31. The fourth-order valence-electron chi connectivity index (χ4n) is 2.63. The molecule has 0 saturated carbocycles. The molecule has 1 aliphatic rings. The predicted octanol–water partition coefficient (Wildman–Crippen LogP) is 3.44. The summed E-state index contributed by atoms with van der Waals surface area (Å²) in [7, 11) is 2.01. The normalized spacial score (nSPS) is 14.3. The van der Waals surface area contributed by atoms with Crippen LogP contribution in [-0.2, 0) is 20.0 Å². The van der Waals surface area contributed by atoms with Gasteiger partial charge in [-0.25, -0.2) is 0 Å². The number of nitrogens with two attached hydrogens (primary N) is 1. The molecule has 3 rings (SSSR count). The molecule has 2 N–H and O–H groups in total. The number of benzene rings is 1. The van der Waals surface area contributed by atoms with Crippen molar-refractivity contribution in [1.29, 1.82) is 0 Å². The van der Waals surface area contributed by atoms with Crippen molar-refractivity contribution in [3.05, 3.63) is 34.1 Å². The van der Waals surface area contributed by atoms with Crippen molar-refractivity contribution in [3.8, 4) is 0 Å². The second-order valence-electron chi connectivity index (χ2n) is 5.18. The summed E-state index contributed by atoms with van der Waals surface area (Å²) in [6, 6.07) is 6.17. The van der Waals surface area contributed by atoms with E-state index in [4.69, 9.17) is 5.73 Å². The topological polar surface area (TPSA) is 47.1 Å². The van der Waals surface area contributed by atoms with Crippen molar-refractivity contribution in [2.24, 2.45) is 7.05 Å². The van der Waals surface area contributed by atoms with Crippen molar-refractivity contribution < 1.29 is 0 Å². The molecule has 0 unspecified atom stereocenters. The van der Waals surface area contributed by atoms with Crippen LogP contribution in [0.4, 0.5) is 11.4 Å². The largest absolute Gasteiger partial charge is 0.399 e. The lowest BCUT2D eigenvalue weighted by atomic mass is 10.2. The van der Waals surface area contributed by atoms with Gasteiger partial charge >= 0.3 is 0 Å². The number of hydrogen-bond donors (Lipinski definition) is 1. The molecule has 112 valence electrons. The Morgan fingerprint density at radius 3 is 2.95 bits per heavy atom. The van der Waals surface area contributed by atoms with E-state index in [1.165, 1.54) is 16.3 Å². The van der Waals surface area contributed by atoms with Gasteiger partial charge in [-0.05, 0) is 40.5 Å². The first-order valence-corrected chi connectivity index (χ1v) is 8.85. The maximum atomic E-state index is 5.96. The Morgan fingerprint density at radius 1 is 1.43 bits per heavy atom. The number of halogens is 1. The van der Waals surface area contributed by atoms with Gasteiger partial charge in [-0.15, -0.1) is 11.8 Å². The summed E-state index contributed by atoms with van der Waals surface area (Å²) < 4.78 is 3.12. The molecule has 1 aromatic carbocycles. The third-order valence-electron chi connectivity index (χ3n) is 3.79. The van der Waals surface area contributed by atoms with E-state index in [1.54, 1.807) is 0 Å². The molecule has 4 nitrogen and oxygen atoms in total. The molecule has 1 aromatic heterocycles. The summed E-state index contributed by atoms with van der Waals surface area (Å²) in [6.07, 6.45) is 0.938. The monoisotopic (exact) mass is 366 g/mol. The Kier molecular flexibility index (Phi) is 4.17. The van der Waals surface area contributed by atoms with Gasteiger partial charge in [0.15, 0.2) is 0 Å². The zero-order chi connectivity index (χ0) is 15.0. The number of nitrogen functional groups attached to an aromatic ring is 1. The molecule has 0 atom stereocenters. The van der Waals surface area contributed by atoms with E-state index in [-0.39, 0.29) is 0 Å². The smallest absolute Gasteiger partial charge is 0.0767 e. The van der Waals surface area contributed by atoms with Gasteiger partial charge in [-0.1, -0.05) is 6.92 Å². The number of rotatable bonds is 3. The average Bonchev–Trinajstić information content (AvgIpc) is 2.75. The highest BCUT2D eigenvalue weighted by Gasteiger charge is 2.21. The van der Waals surface area contributed by atoms with Crippen LogP contribution in [0.2, 0.25) is 0 Å². The second kappa shape index (κ2) is 5.93. The first-order chi connectivity index (χ1) is 10.1. The summed E-state index contributed by atoms with van der Waals surface area (Å²) in [6.45, 7) is 4.01. The van der Waals surface area contributed by atoms with E-state index in [0.717, 1.165) is 41.1 Å². The summed E-state index contributed by atoms with van der Waals surface area (Å²) in [4.78, 5) is 3.70. The van der Waals surface area contributed by atoms with E-state index >= 15 is 0 Å². The standard InChI is InChI=1S/C15H19BrN4S/c1-3-11-15(16)13(19(2)18-11)9-20-6-7-21-14-5-4-10(17)8-12(14)20/h4-5,8H,3,6-7,9,17H2,1-2H3. The van der Waals surface area contributed by atoms with Crippen molar-refractivity contribution in [3.63, 3.8) is 0 Å². The molecule has 0 bridgehead atoms. The van der Waals surface area contributed by atoms with E-state index in [0.29, 0.717) is 0 Å². The van der Waals surface area contributed by atoms with E-state index < -0.39 is 0 Å². The molecule has 2 aromatic rings. The van der Waals surface area contributed by atoms with Crippen molar-refractivity contribution in [2.75, 3.05) is 22.9 Å². The Balaban J connectivity index is 1.94. The Labute approximate surface area is 137 Å². The van der Waals surface area contributed by atoms with Gasteiger partial charge in [0.25, 0.3) is 0 Å². The molecule has 0 radical (unpaired) electrons. The minimum absolute atomic E-state index is 0.819. The molecule has 6 heteroatoms. The fraction of sp³-hybridized carbons (Fsp3) is 0.400. The van der Waals surface area contributed by atoms with Crippen molar-refractivity contribution in [2.45, 2.75) is 24.8 Å². The number of anilines is 2. The number of aromatic nitrogens is 2. The van der Waals surface area contributed by atoms with Crippen LogP contribution in [0.25, 0.3) is 0 Å². The maximum absolute atomic E-state index is 5.96. The predicted molar refractivity (Wildman–Crippen MR) is 92.9 cm³/mol. The number of aryl methyl sites for hydroxylation is 2. The van der Waals surface area contributed by atoms with Crippen LogP contribution < -0.4 is 10.6 Å². The summed E-state index contributed by atoms with van der Waals surface area (Å²) >= 11 is 5.60. The van der Waals surface area contributed by atoms with E-state index in [1.807, 2.05) is 29.6 Å². The quantitative estimate of drug-likeness (QED) is 0.845. The van der Waals surface area contributed by atoms with Crippen LogP contribution in [0, 0.1) is 0 Å². The van der Waals surface area contributed by atoms with Crippen molar-refractivity contribution in [1.82, 2.24) is 9.78 Å². The highest BCUT2D eigenvalue weighted by molar-refractivity contribution is 9.10. The number of nitrogens with zero attached hydrogens (tertiary/aromatic N) is 3. The van der Waals surface area contributed by atoms with Gasteiger partial charge in [0.1, 0.15) is 0 Å². The van der Waals surface area contributed by atoms with E-state index in [2.05, 4.69) is 45.0 Å². The van der Waals surface area contributed by atoms with Crippen LogP contribution in [0.15, 0.2) is 27.6 Å². The molecule has 2 heterocycles. The zero-order valence-corrected chi connectivity index (χ0v) is 14.7. The zero-order valence-electron chi connectivity index (χ0n) is 12.3. The number of hydrogen-bond acceptors (Lipinski definition) is 4. The number of fused-ring (bicyclic) bond motifs is 1. The number of thioether (sulfide) groups is 1. The third kappa shape index (κ3) is 2.79. The van der Waals surface area contributed by atoms with Gasteiger partial charge in [0, 0.05) is 29.9 Å². The average molecular weight is 367 g/mol. The van der Waals surface area contributed by atoms with Gasteiger partial charge in [0.05, 0.1) is 28.1 Å². The lowest BCUT2D eigenvalue weighted by Crippen LogP contribution is -2.29. The molecule has 0 saturated heterocycles. The van der Waals surface area contributed by atoms with Gasteiger partial charge in [-0.3, -0.25) is 4.68 Å². The van der Waals surface area contributed by atoms with Crippen LogP contribution in [0.5, 0.6) is 0 Å². The lowest BCUT2D eigenvalue weighted by molar-refractivity contribution is 0.675. The summed E-state index contributed by atoms with van der Waals surface area (Å²) in [5, 5.41) is 4.58. The van der Waals surface area contributed by atoms with Gasteiger partial charge < -0.3 is 10.6 Å². The Hall–Kier alpha value is -1.14. The molecule has 0 spiro atoms. The molecular formula is C15H19BrN4S. The van der Waals surface area contributed by atoms with E-state index in [9.17, 15) is 0 Å². The maximum Gasteiger partial charge on any atom is 0.0767 e. The van der Waals surface area contributed by atoms with Crippen molar-refractivity contribution >= 4 is 39.1 Å². The summed E-state index contributed by atoms with van der Waals surface area (Å²) in [5.41, 5.74) is 10.3. The van der Waals surface area contributed by atoms with Crippen LogP contribution in [-0.4, -0.2) is 22.1 Å². The highest BCUT2D eigenvalue weighted by atomic mass is 79.9. The second-order valence-corrected chi connectivity index (χ2v) is 7.11. The summed E-state index contributed by atoms with van der Waals surface area (Å²) in [5.74, 6) is 1.10. The van der Waals surface area contributed by atoms with Gasteiger partial charge in [0.2, 0.25) is 0 Å². The van der Waals surface area contributed by atoms with Crippen LogP contribution in [0.3, 0.4) is 0 Å². The Morgan fingerprint density at radius 2 is 2.24 bits per heavy atom. The Bertz CT molecular complexity index is 668. The minimum Gasteiger partial charge on any atom is -0.399 e. The first-order valence-electron chi connectivity index (χ1n) is 7.07. The fourth-order valence-corrected chi connectivity index (χ4v) is 4.40. The highest BCUT2D eigenvalue weighted by Crippen LogP contribution is 2.37. The van der Waals surface area contributed by atoms with Crippen LogP contribution >= 0.6 is 27.7 Å². The molecular weight excluding hydrogens is 348 g/mol. The SMILES string of the molecule is CCc1nn(C)c(CN2CCSc3ccc(N)cc32)c1Br. The van der Waals surface area contributed by atoms with Gasteiger partial charge in [-0.2, -0.15) is 5.10 Å². The third-order valence-corrected chi connectivity index (χ3v) is 5.74. The molecule has 21 heavy (non-hydrogen) atoms. The first kappa shape index (κ1) is 14.8.